The van der Waals surface area contributed by atoms with E-state index >= 15 is 0 Å². The summed E-state index contributed by atoms with van der Waals surface area (Å²) in [6.45, 7) is 0. The van der Waals surface area contributed by atoms with Gasteiger partial charge in [-0.15, -0.1) is 0 Å². The molecule has 0 aliphatic rings. The highest BCUT2D eigenvalue weighted by Crippen LogP contribution is 2.30. The van der Waals surface area contributed by atoms with Gasteiger partial charge in [0.2, 0.25) is 0 Å². The van der Waals surface area contributed by atoms with Crippen LogP contribution in [0.2, 0.25) is 0 Å². The Balaban J connectivity index is 1.76. The summed E-state index contributed by atoms with van der Waals surface area (Å²) in [7, 11) is 0. The van der Waals surface area contributed by atoms with Crippen LogP contribution in [0.25, 0.3) is 11.3 Å². The minimum Gasteiger partial charge on any atom is -0.383 e. The quantitative estimate of drug-likeness (QED) is 0.538. The molecule has 0 saturated heterocycles. The topological polar surface area (TPSA) is 98.0 Å². The van der Waals surface area contributed by atoms with E-state index in [4.69, 9.17) is 0 Å². The first-order valence-electron chi connectivity index (χ1n) is 8.27. The van der Waals surface area contributed by atoms with Crippen LogP contribution in [0.5, 0.6) is 0 Å². The molecule has 1 atom stereocenters. The maximum absolute atomic E-state index is 12.8. The lowest BCUT2D eigenvalue weighted by molar-refractivity contribution is -0.137. The monoisotopic (exact) mass is 391 g/mol. The SMILES string of the molecule is O=C(Nc1c(-c2ccccc2)[nH][nH]c1=O)C(O)Cc1cccc(C(F)(F)F)c1. The number of rotatable bonds is 5. The third-order valence-electron chi connectivity index (χ3n) is 4.07. The van der Waals surface area contributed by atoms with Crippen molar-refractivity contribution in [2.24, 2.45) is 0 Å². The van der Waals surface area contributed by atoms with E-state index in [0.717, 1.165) is 12.1 Å². The molecule has 1 heterocycles. The lowest BCUT2D eigenvalue weighted by Crippen LogP contribution is -2.31. The van der Waals surface area contributed by atoms with Gasteiger partial charge in [0.15, 0.2) is 0 Å². The number of aliphatic hydroxyl groups is 1. The first-order valence-corrected chi connectivity index (χ1v) is 8.27. The number of carbonyl (C=O) groups is 1. The number of anilines is 1. The minimum absolute atomic E-state index is 0.0840. The molecule has 0 bridgehead atoms. The van der Waals surface area contributed by atoms with Crippen molar-refractivity contribution < 1.29 is 23.1 Å². The van der Waals surface area contributed by atoms with Crippen LogP contribution in [0.1, 0.15) is 11.1 Å². The number of benzene rings is 2. The van der Waals surface area contributed by atoms with Gasteiger partial charge in [0.25, 0.3) is 11.5 Å². The number of aliphatic hydroxyl groups excluding tert-OH is 1. The summed E-state index contributed by atoms with van der Waals surface area (Å²) in [6.07, 6.45) is -6.49. The fourth-order valence-electron chi connectivity index (χ4n) is 2.70. The Morgan fingerprint density at radius 3 is 2.46 bits per heavy atom. The van der Waals surface area contributed by atoms with E-state index in [1.54, 1.807) is 30.3 Å². The molecule has 3 aromatic rings. The molecule has 6 nitrogen and oxygen atoms in total. The highest BCUT2D eigenvalue weighted by molar-refractivity contribution is 5.97. The molecule has 9 heteroatoms. The number of alkyl halides is 3. The Bertz CT molecular complexity index is 1030. The zero-order valence-corrected chi connectivity index (χ0v) is 14.4. The second kappa shape index (κ2) is 7.73. The molecule has 146 valence electrons. The second-order valence-corrected chi connectivity index (χ2v) is 6.10. The highest BCUT2D eigenvalue weighted by atomic mass is 19.4. The van der Waals surface area contributed by atoms with Crippen LogP contribution in [0, 0.1) is 0 Å². The molecule has 0 aliphatic carbocycles. The average molecular weight is 391 g/mol. The fraction of sp³-hybridized carbons (Fsp3) is 0.158. The summed E-state index contributed by atoms with van der Waals surface area (Å²) in [5.41, 5.74) is -0.457. The number of hydrogen-bond donors (Lipinski definition) is 4. The molecule has 28 heavy (non-hydrogen) atoms. The lowest BCUT2D eigenvalue weighted by atomic mass is 10.0. The van der Waals surface area contributed by atoms with Crippen LogP contribution in [0.4, 0.5) is 18.9 Å². The Morgan fingerprint density at radius 2 is 1.79 bits per heavy atom. The molecule has 4 N–H and O–H groups in total. The smallest absolute Gasteiger partial charge is 0.383 e. The molecule has 0 radical (unpaired) electrons. The fourth-order valence-corrected chi connectivity index (χ4v) is 2.70. The summed E-state index contributed by atoms with van der Waals surface area (Å²) in [5, 5.41) is 17.4. The number of nitrogens with one attached hydrogen (secondary N) is 3. The number of halogens is 3. The summed E-state index contributed by atoms with van der Waals surface area (Å²) in [6, 6.07) is 13.1. The van der Waals surface area contributed by atoms with Crippen LogP contribution in [-0.2, 0) is 17.4 Å². The molecule has 1 unspecified atom stereocenters. The van der Waals surface area contributed by atoms with Gasteiger partial charge in [-0.05, 0) is 11.6 Å². The molecule has 0 spiro atoms. The van der Waals surface area contributed by atoms with Crippen molar-refractivity contribution in [3.63, 3.8) is 0 Å². The van der Waals surface area contributed by atoms with Gasteiger partial charge in [-0.1, -0.05) is 48.5 Å². The molecule has 3 rings (SSSR count). The van der Waals surface area contributed by atoms with Crippen LogP contribution in [0.15, 0.2) is 59.4 Å². The number of amides is 1. The van der Waals surface area contributed by atoms with Crippen molar-refractivity contribution in [3.8, 4) is 11.3 Å². The van der Waals surface area contributed by atoms with Gasteiger partial charge in [-0.25, -0.2) is 0 Å². The van der Waals surface area contributed by atoms with Gasteiger partial charge >= 0.3 is 6.18 Å². The standard InChI is InChI=1S/C19H16F3N3O3/c20-19(21,22)13-8-4-5-11(9-13)10-14(26)17(27)23-16-15(24-25-18(16)28)12-6-2-1-3-7-12/h1-9,14,26H,10H2,(H,23,27)(H2,24,25,28). The lowest BCUT2D eigenvalue weighted by Gasteiger charge is -2.13. The maximum atomic E-state index is 12.8. The van der Waals surface area contributed by atoms with E-state index in [0.29, 0.717) is 11.3 Å². The van der Waals surface area contributed by atoms with Gasteiger partial charge in [0.05, 0.1) is 11.3 Å². The Hall–Kier alpha value is -3.33. The van der Waals surface area contributed by atoms with Crippen molar-refractivity contribution in [1.82, 2.24) is 10.2 Å². The average Bonchev–Trinajstić information content (AvgIpc) is 3.02. The normalized spacial score (nSPS) is 12.6. The first-order chi connectivity index (χ1) is 13.3. The summed E-state index contributed by atoms with van der Waals surface area (Å²) in [5.74, 6) is -0.903. The van der Waals surface area contributed by atoms with Gasteiger partial charge in [-0.3, -0.25) is 19.8 Å². The molecular formula is C19H16F3N3O3. The number of H-pyrrole nitrogens is 2. The van der Waals surface area contributed by atoms with Crippen molar-refractivity contribution in [2.45, 2.75) is 18.7 Å². The summed E-state index contributed by atoms with van der Waals surface area (Å²) >= 11 is 0. The van der Waals surface area contributed by atoms with Gasteiger partial charge in [0.1, 0.15) is 11.8 Å². The molecule has 1 amide bonds. The van der Waals surface area contributed by atoms with Crippen molar-refractivity contribution >= 4 is 11.6 Å². The van der Waals surface area contributed by atoms with E-state index < -0.39 is 29.3 Å². The number of hydrogen-bond acceptors (Lipinski definition) is 3. The maximum Gasteiger partial charge on any atom is 0.416 e. The second-order valence-electron chi connectivity index (χ2n) is 6.10. The third-order valence-corrected chi connectivity index (χ3v) is 4.07. The Morgan fingerprint density at radius 1 is 1.07 bits per heavy atom. The van der Waals surface area contributed by atoms with E-state index in [1.807, 2.05) is 0 Å². The first kappa shape index (κ1) is 19.4. The number of carbonyl (C=O) groups excluding carboxylic acids is 1. The molecule has 2 aromatic carbocycles. The third kappa shape index (κ3) is 4.32. The van der Waals surface area contributed by atoms with Gasteiger partial charge in [0, 0.05) is 12.0 Å². The summed E-state index contributed by atoms with van der Waals surface area (Å²) < 4.78 is 38.3. The van der Waals surface area contributed by atoms with Crippen LogP contribution < -0.4 is 10.9 Å². The predicted octanol–water partition coefficient (Wildman–Crippen LogP) is 2.93. The molecule has 1 aromatic heterocycles. The molecule has 0 saturated carbocycles. The van der Waals surface area contributed by atoms with E-state index in [-0.39, 0.29) is 17.7 Å². The zero-order valence-electron chi connectivity index (χ0n) is 14.4. The van der Waals surface area contributed by atoms with Gasteiger partial charge in [-0.2, -0.15) is 13.2 Å². The Labute approximate surface area is 157 Å². The van der Waals surface area contributed by atoms with E-state index in [1.165, 1.54) is 12.1 Å². The van der Waals surface area contributed by atoms with Gasteiger partial charge < -0.3 is 10.4 Å². The van der Waals surface area contributed by atoms with Crippen LogP contribution >= 0.6 is 0 Å². The number of aromatic amines is 2. The van der Waals surface area contributed by atoms with Crippen molar-refractivity contribution in [3.05, 3.63) is 76.1 Å². The van der Waals surface area contributed by atoms with E-state index in [9.17, 15) is 27.9 Å². The minimum atomic E-state index is -4.52. The molecule has 0 fully saturated rings. The van der Waals surface area contributed by atoms with Crippen LogP contribution in [-0.4, -0.2) is 27.3 Å². The van der Waals surface area contributed by atoms with Crippen LogP contribution in [0.3, 0.4) is 0 Å². The number of aromatic nitrogens is 2. The highest BCUT2D eigenvalue weighted by Gasteiger charge is 2.30. The van der Waals surface area contributed by atoms with E-state index in [2.05, 4.69) is 15.5 Å². The van der Waals surface area contributed by atoms with Crippen molar-refractivity contribution in [2.75, 3.05) is 5.32 Å². The van der Waals surface area contributed by atoms with Crippen molar-refractivity contribution in [1.29, 1.82) is 0 Å². The molecular weight excluding hydrogens is 375 g/mol. The predicted molar refractivity (Wildman–Crippen MR) is 96.6 cm³/mol. The largest absolute Gasteiger partial charge is 0.416 e. The molecule has 0 aliphatic heterocycles. The summed E-state index contributed by atoms with van der Waals surface area (Å²) in [4.78, 5) is 24.3. The zero-order chi connectivity index (χ0) is 20.3. The Kier molecular flexibility index (Phi) is 5.36.